The number of benzene rings is 1. The lowest BCUT2D eigenvalue weighted by Gasteiger charge is -2.36. The predicted molar refractivity (Wildman–Crippen MR) is 131 cm³/mol. The van der Waals surface area contributed by atoms with Crippen molar-refractivity contribution in [1.29, 1.82) is 0 Å². The third-order valence-electron chi connectivity index (χ3n) is 6.65. The Hall–Kier alpha value is -3.04. The molecule has 1 aromatic carbocycles. The molecule has 4 heterocycles. The highest BCUT2D eigenvalue weighted by atomic mass is 35.5. The zero-order valence-electron chi connectivity index (χ0n) is 18.9. The highest BCUT2D eigenvalue weighted by molar-refractivity contribution is 6.42. The Kier molecular flexibility index (Phi) is 6.46. The van der Waals surface area contributed by atoms with Crippen molar-refractivity contribution in [3.05, 3.63) is 73.6 Å². The van der Waals surface area contributed by atoms with Crippen LogP contribution in [0.25, 0.3) is 5.52 Å². The molecular formula is C24H24Cl2FN5O3. The third-order valence-corrected chi connectivity index (χ3v) is 7.41. The average Bonchev–Trinajstić information content (AvgIpc) is 3.51. The van der Waals surface area contributed by atoms with E-state index in [2.05, 4.69) is 4.98 Å². The maximum absolute atomic E-state index is 14.7. The van der Waals surface area contributed by atoms with Gasteiger partial charge in [0.25, 0.3) is 11.5 Å². The van der Waals surface area contributed by atoms with E-state index < -0.39 is 11.7 Å². The molecule has 0 radical (unpaired) electrons. The number of nitrogens with one attached hydrogen (secondary N) is 1. The Balaban J connectivity index is 1.33. The van der Waals surface area contributed by atoms with E-state index >= 15 is 0 Å². The van der Waals surface area contributed by atoms with Crippen molar-refractivity contribution in [2.75, 3.05) is 39.3 Å². The van der Waals surface area contributed by atoms with Gasteiger partial charge >= 0.3 is 6.03 Å². The highest BCUT2D eigenvalue weighted by Crippen LogP contribution is 2.27. The van der Waals surface area contributed by atoms with Gasteiger partial charge in [-0.25, -0.2) is 9.18 Å². The van der Waals surface area contributed by atoms with Crippen LogP contribution in [0.3, 0.4) is 0 Å². The molecule has 0 unspecified atom stereocenters. The molecule has 5 rings (SSSR count). The number of fused-ring (bicyclic) bond motifs is 1. The van der Waals surface area contributed by atoms with Crippen molar-refractivity contribution in [1.82, 2.24) is 24.1 Å². The monoisotopic (exact) mass is 519 g/mol. The lowest BCUT2D eigenvalue weighted by Crippen LogP contribution is -2.53. The molecule has 3 amide bonds. The first-order valence-electron chi connectivity index (χ1n) is 11.5. The molecule has 11 heteroatoms. The van der Waals surface area contributed by atoms with Gasteiger partial charge in [-0.1, -0.05) is 29.3 Å². The number of rotatable bonds is 3. The van der Waals surface area contributed by atoms with E-state index in [1.807, 2.05) is 4.90 Å². The van der Waals surface area contributed by atoms with Gasteiger partial charge in [-0.3, -0.25) is 14.0 Å². The number of halogens is 3. The minimum atomic E-state index is -0.608. The largest absolute Gasteiger partial charge is 0.335 e. The van der Waals surface area contributed by atoms with Crippen LogP contribution < -0.4 is 5.56 Å². The SMILES string of the molecule is O=C(c1cc(Cc2c[nH]c(=O)c3cc(Cl)c(Cl)n23)ccc1F)N1CCN(C(=O)N2CCCC2)CC1. The standard InChI is InChI=1S/C24H24Cl2FN5O3/c25-18-13-20-22(33)28-14-16(32(20)21(18)26)11-15-3-4-19(27)17(12-15)23(34)29-7-9-31(10-8-29)24(35)30-5-1-2-6-30/h3-4,12-14H,1-2,5-11H2,(H,28,33). The van der Waals surface area contributed by atoms with Crippen LogP contribution in [0, 0.1) is 5.82 Å². The third kappa shape index (κ3) is 4.50. The number of H-pyrrole nitrogens is 1. The molecule has 1 N–H and O–H groups in total. The van der Waals surface area contributed by atoms with Crippen LogP contribution in [0.4, 0.5) is 9.18 Å². The molecule has 2 fully saturated rings. The van der Waals surface area contributed by atoms with Crippen LogP contribution in [0.2, 0.25) is 10.2 Å². The van der Waals surface area contributed by atoms with Crippen molar-refractivity contribution in [2.45, 2.75) is 19.3 Å². The summed E-state index contributed by atoms with van der Waals surface area (Å²) in [5, 5.41) is 0.462. The van der Waals surface area contributed by atoms with Crippen molar-refractivity contribution in [2.24, 2.45) is 0 Å². The molecule has 2 aliphatic rings. The summed E-state index contributed by atoms with van der Waals surface area (Å²) in [6, 6.07) is 5.88. The second-order valence-electron chi connectivity index (χ2n) is 8.86. The van der Waals surface area contributed by atoms with Crippen molar-refractivity contribution < 1.29 is 14.0 Å². The maximum Gasteiger partial charge on any atom is 0.320 e. The summed E-state index contributed by atoms with van der Waals surface area (Å²) in [5.74, 6) is -1.02. The Morgan fingerprint density at radius 2 is 1.60 bits per heavy atom. The number of amides is 3. The first-order valence-corrected chi connectivity index (χ1v) is 12.3. The molecule has 184 valence electrons. The smallest absolute Gasteiger partial charge is 0.320 e. The summed E-state index contributed by atoms with van der Waals surface area (Å²) in [5.41, 5.74) is 1.25. The highest BCUT2D eigenvalue weighted by Gasteiger charge is 2.29. The molecule has 0 spiro atoms. The molecule has 3 aromatic rings. The molecule has 2 saturated heterocycles. The number of aromatic nitrogens is 2. The minimum absolute atomic E-state index is 0.0128. The molecule has 35 heavy (non-hydrogen) atoms. The zero-order valence-corrected chi connectivity index (χ0v) is 20.4. The summed E-state index contributed by atoms with van der Waals surface area (Å²) in [4.78, 5) is 45.7. The topological polar surface area (TPSA) is 81.1 Å². The summed E-state index contributed by atoms with van der Waals surface area (Å²) in [6.45, 7) is 3.09. The molecule has 0 aliphatic carbocycles. The Bertz CT molecular complexity index is 1360. The molecule has 8 nitrogen and oxygen atoms in total. The van der Waals surface area contributed by atoms with E-state index in [0.717, 1.165) is 25.9 Å². The normalized spacial score (nSPS) is 16.4. The quantitative estimate of drug-likeness (QED) is 0.573. The van der Waals surface area contributed by atoms with Crippen LogP contribution in [-0.2, 0) is 6.42 Å². The van der Waals surface area contributed by atoms with Gasteiger partial charge in [0.05, 0.1) is 10.6 Å². The van der Waals surface area contributed by atoms with E-state index in [1.54, 1.807) is 20.3 Å². The number of urea groups is 1. The van der Waals surface area contributed by atoms with Gasteiger partial charge in [-0.15, -0.1) is 0 Å². The van der Waals surface area contributed by atoms with E-state index in [9.17, 15) is 18.8 Å². The van der Waals surface area contributed by atoms with Crippen molar-refractivity contribution >= 4 is 40.7 Å². The zero-order chi connectivity index (χ0) is 24.7. The minimum Gasteiger partial charge on any atom is -0.335 e. The Morgan fingerprint density at radius 1 is 0.943 bits per heavy atom. The van der Waals surface area contributed by atoms with Gasteiger partial charge in [-0.2, -0.15) is 0 Å². The number of hydrogen-bond acceptors (Lipinski definition) is 3. The van der Waals surface area contributed by atoms with Gasteiger partial charge in [-0.05, 0) is 36.6 Å². The Morgan fingerprint density at radius 3 is 2.31 bits per heavy atom. The number of nitrogens with zero attached hydrogens (tertiary/aromatic N) is 4. The lowest BCUT2D eigenvalue weighted by atomic mass is 10.0. The second-order valence-corrected chi connectivity index (χ2v) is 9.63. The maximum atomic E-state index is 14.7. The fourth-order valence-corrected chi connectivity index (χ4v) is 5.20. The number of aromatic amines is 1. The number of likely N-dealkylation sites (tertiary alicyclic amines) is 1. The predicted octanol–water partition coefficient (Wildman–Crippen LogP) is 3.64. The van der Waals surface area contributed by atoms with E-state index in [-0.39, 0.29) is 33.8 Å². The second kappa shape index (κ2) is 9.54. The first-order chi connectivity index (χ1) is 16.8. The van der Waals surface area contributed by atoms with Gasteiger partial charge < -0.3 is 19.7 Å². The Labute approximate surface area is 210 Å². The first kappa shape index (κ1) is 23.7. The number of carbonyl (C=O) groups is 2. The van der Waals surface area contributed by atoms with E-state index in [1.165, 1.54) is 24.4 Å². The van der Waals surface area contributed by atoms with Crippen LogP contribution in [-0.4, -0.2) is 75.3 Å². The van der Waals surface area contributed by atoms with Crippen LogP contribution in [0.15, 0.2) is 35.3 Å². The molecule has 2 aromatic heterocycles. The molecular weight excluding hydrogens is 496 g/mol. The number of hydrogen-bond donors (Lipinski definition) is 1. The summed E-state index contributed by atoms with van der Waals surface area (Å²) in [6.07, 6.45) is 3.86. The number of piperazine rings is 1. The number of carbonyl (C=O) groups excluding carboxylic acids is 2. The molecule has 0 bridgehead atoms. The van der Waals surface area contributed by atoms with Crippen LogP contribution in [0.5, 0.6) is 0 Å². The van der Waals surface area contributed by atoms with Gasteiger partial charge in [0, 0.05) is 57.6 Å². The summed E-state index contributed by atoms with van der Waals surface area (Å²) in [7, 11) is 0. The van der Waals surface area contributed by atoms with Crippen LogP contribution >= 0.6 is 23.2 Å². The summed E-state index contributed by atoms with van der Waals surface area (Å²) < 4.78 is 16.2. The lowest BCUT2D eigenvalue weighted by molar-refractivity contribution is 0.0640. The van der Waals surface area contributed by atoms with Crippen LogP contribution in [0.1, 0.15) is 34.5 Å². The van der Waals surface area contributed by atoms with Crippen molar-refractivity contribution in [3.63, 3.8) is 0 Å². The fourth-order valence-electron chi connectivity index (χ4n) is 4.76. The van der Waals surface area contributed by atoms with Gasteiger partial charge in [0.15, 0.2) is 0 Å². The molecule has 0 saturated carbocycles. The van der Waals surface area contributed by atoms with E-state index in [4.69, 9.17) is 23.2 Å². The average molecular weight is 520 g/mol. The van der Waals surface area contributed by atoms with Crippen molar-refractivity contribution in [3.8, 4) is 0 Å². The molecule has 2 aliphatic heterocycles. The fraction of sp³-hybridized carbons (Fsp3) is 0.375. The summed E-state index contributed by atoms with van der Waals surface area (Å²) >= 11 is 12.4. The van der Waals surface area contributed by atoms with E-state index in [0.29, 0.717) is 43.0 Å². The molecule has 0 atom stereocenters. The van der Waals surface area contributed by atoms with Gasteiger partial charge in [0.2, 0.25) is 0 Å². The van der Waals surface area contributed by atoms with Gasteiger partial charge in [0.1, 0.15) is 16.5 Å².